The molecule has 16 heavy (non-hydrogen) atoms. The number of halogens is 1. The van der Waals surface area contributed by atoms with E-state index in [4.69, 9.17) is 0 Å². The van der Waals surface area contributed by atoms with Gasteiger partial charge in [0.15, 0.2) is 0 Å². The summed E-state index contributed by atoms with van der Waals surface area (Å²) >= 11 is 4.99. The van der Waals surface area contributed by atoms with E-state index in [1.54, 1.807) is 6.20 Å². The monoisotopic (exact) mass is 298 g/mol. The summed E-state index contributed by atoms with van der Waals surface area (Å²) in [6.07, 6.45) is 1.74. The fourth-order valence-corrected chi connectivity index (χ4v) is 2.44. The Morgan fingerprint density at radius 2 is 2.25 bits per heavy atom. The minimum atomic E-state index is -0.154. The summed E-state index contributed by atoms with van der Waals surface area (Å²) < 4.78 is 0.977. The van der Waals surface area contributed by atoms with Crippen LogP contribution in [0.5, 0.6) is 0 Å². The maximum absolute atomic E-state index is 9.34. The zero-order chi connectivity index (χ0) is 11.4. The lowest BCUT2D eigenvalue weighted by atomic mass is 10.2. The van der Waals surface area contributed by atoms with E-state index < -0.39 is 0 Å². The second-order valence-electron chi connectivity index (χ2n) is 3.23. The molecule has 0 aliphatic rings. The number of aliphatic hydroxyl groups excluding tert-OH is 1. The average Bonchev–Trinajstić information content (AvgIpc) is 2.81. The zero-order valence-electron chi connectivity index (χ0n) is 8.43. The highest BCUT2D eigenvalue weighted by molar-refractivity contribution is 9.10. The van der Waals surface area contributed by atoms with Crippen LogP contribution in [-0.2, 0) is 0 Å². The minimum absolute atomic E-state index is 0.0227. The third-order valence-electron chi connectivity index (χ3n) is 2.14. The number of benzene rings is 1. The maximum atomic E-state index is 9.34. The van der Waals surface area contributed by atoms with Crippen molar-refractivity contribution in [2.45, 2.75) is 6.04 Å². The summed E-state index contributed by atoms with van der Waals surface area (Å²) in [5, 5.41) is 15.4. The SMILES string of the molecule is OCC(Nc1ccccc1Br)c1nccs1. The number of nitrogens with zero attached hydrogens (tertiary/aromatic N) is 1. The Morgan fingerprint density at radius 3 is 2.88 bits per heavy atom. The Morgan fingerprint density at radius 1 is 1.44 bits per heavy atom. The molecule has 2 aromatic rings. The van der Waals surface area contributed by atoms with Crippen molar-refractivity contribution in [3.63, 3.8) is 0 Å². The van der Waals surface area contributed by atoms with Crippen LogP contribution in [0.25, 0.3) is 0 Å². The average molecular weight is 299 g/mol. The van der Waals surface area contributed by atoms with Crippen LogP contribution < -0.4 is 5.32 Å². The lowest BCUT2D eigenvalue weighted by molar-refractivity contribution is 0.276. The molecule has 0 amide bonds. The van der Waals surface area contributed by atoms with Crippen LogP contribution in [0.15, 0.2) is 40.3 Å². The van der Waals surface area contributed by atoms with Crippen molar-refractivity contribution in [1.82, 2.24) is 4.98 Å². The number of aliphatic hydroxyl groups is 1. The molecular weight excluding hydrogens is 288 g/mol. The maximum Gasteiger partial charge on any atom is 0.117 e. The van der Waals surface area contributed by atoms with Gasteiger partial charge < -0.3 is 10.4 Å². The number of rotatable bonds is 4. The summed E-state index contributed by atoms with van der Waals surface area (Å²) in [5.74, 6) is 0. The molecule has 3 nitrogen and oxygen atoms in total. The molecule has 1 heterocycles. The first-order valence-electron chi connectivity index (χ1n) is 4.82. The Hall–Kier alpha value is -0.910. The Balaban J connectivity index is 2.17. The molecule has 1 atom stereocenters. The minimum Gasteiger partial charge on any atom is -0.394 e. The lowest BCUT2D eigenvalue weighted by Crippen LogP contribution is -2.14. The van der Waals surface area contributed by atoms with Crippen LogP contribution in [0.3, 0.4) is 0 Å². The molecule has 84 valence electrons. The number of aromatic nitrogens is 1. The highest BCUT2D eigenvalue weighted by atomic mass is 79.9. The van der Waals surface area contributed by atoms with Gasteiger partial charge in [-0.15, -0.1) is 11.3 Å². The molecule has 5 heteroatoms. The first kappa shape index (κ1) is 11.6. The zero-order valence-corrected chi connectivity index (χ0v) is 10.8. The van der Waals surface area contributed by atoms with Crippen molar-refractivity contribution in [1.29, 1.82) is 0 Å². The number of para-hydroxylation sites is 1. The number of hydrogen-bond acceptors (Lipinski definition) is 4. The molecule has 0 aliphatic carbocycles. The van der Waals surface area contributed by atoms with E-state index in [9.17, 15) is 5.11 Å². The van der Waals surface area contributed by atoms with E-state index in [0.29, 0.717) is 0 Å². The molecule has 2 rings (SSSR count). The van der Waals surface area contributed by atoms with Crippen LogP contribution in [0.4, 0.5) is 5.69 Å². The summed E-state index contributed by atoms with van der Waals surface area (Å²) in [5.41, 5.74) is 0.955. The molecule has 1 aromatic carbocycles. The van der Waals surface area contributed by atoms with Crippen molar-refractivity contribution < 1.29 is 5.11 Å². The van der Waals surface area contributed by atoms with Crippen LogP contribution in [0.2, 0.25) is 0 Å². The quantitative estimate of drug-likeness (QED) is 0.912. The van der Waals surface area contributed by atoms with Gasteiger partial charge in [-0.3, -0.25) is 0 Å². The number of thiazole rings is 1. The van der Waals surface area contributed by atoms with E-state index >= 15 is 0 Å². The standard InChI is InChI=1S/C11H11BrN2OS/c12-8-3-1-2-4-9(8)14-10(7-15)11-13-5-6-16-11/h1-6,10,14-15H,7H2. The fourth-order valence-electron chi connectivity index (χ4n) is 1.36. The normalized spacial score (nSPS) is 12.4. The molecule has 2 N–H and O–H groups in total. The molecule has 0 saturated heterocycles. The Bertz CT molecular complexity index is 447. The van der Waals surface area contributed by atoms with Crippen LogP contribution in [0.1, 0.15) is 11.0 Å². The number of nitrogens with one attached hydrogen (secondary N) is 1. The Kier molecular flexibility index (Phi) is 3.93. The van der Waals surface area contributed by atoms with E-state index in [-0.39, 0.29) is 12.6 Å². The second-order valence-corrected chi connectivity index (χ2v) is 5.01. The molecule has 0 spiro atoms. The van der Waals surface area contributed by atoms with Gasteiger partial charge in [-0.05, 0) is 28.1 Å². The summed E-state index contributed by atoms with van der Waals surface area (Å²) in [7, 11) is 0. The van der Waals surface area contributed by atoms with Gasteiger partial charge in [0.1, 0.15) is 11.0 Å². The van der Waals surface area contributed by atoms with Crippen molar-refractivity contribution in [2.24, 2.45) is 0 Å². The van der Waals surface area contributed by atoms with Gasteiger partial charge in [-0.25, -0.2) is 4.98 Å². The molecule has 1 aromatic heterocycles. The third kappa shape index (κ3) is 2.61. The second kappa shape index (κ2) is 5.43. The lowest BCUT2D eigenvalue weighted by Gasteiger charge is -2.16. The fraction of sp³-hybridized carbons (Fsp3) is 0.182. The van der Waals surface area contributed by atoms with Gasteiger partial charge in [-0.1, -0.05) is 12.1 Å². The van der Waals surface area contributed by atoms with Gasteiger partial charge in [-0.2, -0.15) is 0 Å². The smallest absolute Gasteiger partial charge is 0.117 e. The van der Waals surface area contributed by atoms with Crippen LogP contribution in [0, 0.1) is 0 Å². The van der Waals surface area contributed by atoms with Crippen molar-refractivity contribution in [3.05, 3.63) is 45.3 Å². The van der Waals surface area contributed by atoms with Gasteiger partial charge in [0.25, 0.3) is 0 Å². The van der Waals surface area contributed by atoms with Gasteiger partial charge in [0.2, 0.25) is 0 Å². The molecule has 0 saturated carbocycles. The molecule has 0 radical (unpaired) electrons. The number of hydrogen-bond donors (Lipinski definition) is 2. The summed E-state index contributed by atoms with van der Waals surface area (Å²) in [4.78, 5) is 4.19. The molecule has 0 aliphatic heterocycles. The van der Waals surface area contributed by atoms with E-state index in [2.05, 4.69) is 26.2 Å². The summed E-state index contributed by atoms with van der Waals surface area (Å²) in [6.45, 7) is 0.0227. The predicted molar refractivity (Wildman–Crippen MR) is 69.7 cm³/mol. The van der Waals surface area contributed by atoms with Crippen LogP contribution >= 0.6 is 27.3 Å². The molecule has 0 bridgehead atoms. The van der Waals surface area contributed by atoms with Crippen LogP contribution in [-0.4, -0.2) is 16.7 Å². The number of anilines is 1. The van der Waals surface area contributed by atoms with E-state index in [1.807, 2.05) is 29.6 Å². The van der Waals surface area contributed by atoms with Gasteiger partial charge in [0.05, 0.1) is 6.61 Å². The first-order chi connectivity index (χ1) is 7.81. The topological polar surface area (TPSA) is 45.1 Å². The predicted octanol–water partition coefficient (Wildman–Crippen LogP) is 3.05. The van der Waals surface area contributed by atoms with E-state index in [1.165, 1.54) is 11.3 Å². The van der Waals surface area contributed by atoms with Gasteiger partial charge in [0, 0.05) is 21.7 Å². The Labute approximate surface area is 106 Å². The first-order valence-corrected chi connectivity index (χ1v) is 6.50. The third-order valence-corrected chi connectivity index (χ3v) is 3.72. The molecule has 0 fully saturated rings. The van der Waals surface area contributed by atoms with Crippen molar-refractivity contribution in [3.8, 4) is 0 Å². The summed E-state index contributed by atoms with van der Waals surface area (Å²) in [6, 6.07) is 7.66. The van der Waals surface area contributed by atoms with E-state index in [0.717, 1.165) is 15.2 Å². The molecule has 1 unspecified atom stereocenters. The van der Waals surface area contributed by atoms with Crippen molar-refractivity contribution >= 4 is 33.0 Å². The largest absolute Gasteiger partial charge is 0.394 e. The highest BCUT2D eigenvalue weighted by Gasteiger charge is 2.13. The molecular formula is C11H11BrN2OS. The van der Waals surface area contributed by atoms with Gasteiger partial charge >= 0.3 is 0 Å². The van der Waals surface area contributed by atoms with Crippen molar-refractivity contribution in [2.75, 3.05) is 11.9 Å². The highest BCUT2D eigenvalue weighted by Crippen LogP contribution is 2.26.